The molecular formula is C25H17F3N2O3S. The summed E-state index contributed by atoms with van der Waals surface area (Å²) >= 11 is 1.14. The number of carboxylic acid groups (broad SMARTS) is 1. The second-order valence-electron chi connectivity index (χ2n) is 7.95. The molecule has 172 valence electrons. The number of aromatic nitrogens is 2. The largest absolute Gasteiger partial charge is 0.480 e. The van der Waals surface area contributed by atoms with Gasteiger partial charge in [-0.15, -0.1) is 11.8 Å². The average molecular weight is 482 g/mol. The standard InChI is InChI=1S/C25H17F3N2O3S/c26-25(27,28)17-9-4-8-16(11-17)21-19(12-15-7-3-6-14-5-1-2-10-18(14)15)29-24(33)30-20(23(31)32)13-34-22(21)30/h1-11,20H,12-13H2,(H,31,32). The zero-order valence-electron chi connectivity index (χ0n) is 17.5. The summed E-state index contributed by atoms with van der Waals surface area (Å²) in [7, 11) is 0. The Bertz CT molecular complexity index is 1490. The summed E-state index contributed by atoms with van der Waals surface area (Å²) in [6, 6.07) is 17.1. The van der Waals surface area contributed by atoms with Gasteiger partial charge in [0, 0.05) is 17.7 Å². The third kappa shape index (κ3) is 3.86. The average Bonchev–Trinajstić information content (AvgIpc) is 3.25. The summed E-state index contributed by atoms with van der Waals surface area (Å²) < 4.78 is 41.5. The van der Waals surface area contributed by atoms with E-state index in [9.17, 15) is 27.9 Å². The lowest BCUT2D eigenvalue weighted by atomic mass is 9.96. The zero-order chi connectivity index (χ0) is 24.0. The number of carboxylic acids is 1. The van der Waals surface area contributed by atoms with Gasteiger partial charge in [-0.05, 0) is 34.0 Å². The van der Waals surface area contributed by atoms with Crippen molar-refractivity contribution in [1.29, 1.82) is 0 Å². The predicted molar refractivity (Wildman–Crippen MR) is 123 cm³/mol. The first-order valence-corrected chi connectivity index (χ1v) is 11.4. The van der Waals surface area contributed by atoms with Crippen LogP contribution in [0.1, 0.15) is 22.9 Å². The molecule has 0 saturated carbocycles. The topological polar surface area (TPSA) is 72.2 Å². The van der Waals surface area contributed by atoms with Crippen LogP contribution in [0.5, 0.6) is 0 Å². The Hall–Kier alpha value is -3.59. The normalized spacial score (nSPS) is 15.4. The molecular weight excluding hydrogens is 465 g/mol. The Balaban J connectivity index is 1.75. The van der Waals surface area contributed by atoms with Crippen LogP contribution in [0.2, 0.25) is 0 Å². The van der Waals surface area contributed by atoms with Crippen molar-refractivity contribution < 1.29 is 23.1 Å². The number of hydrogen-bond donors (Lipinski definition) is 1. The summed E-state index contributed by atoms with van der Waals surface area (Å²) in [5, 5.41) is 11.8. The number of thioether (sulfide) groups is 1. The Labute approximate surface area is 195 Å². The van der Waals surface area contributed by atoms with Crippen molar-refractivity contribution >= 4 is 28.5 Å². The Kier molecular flexibility index (Phi) is 5.44. The van der Waals surface area contributed by atoms with Gasteiger partial charge in [0.05, 0.1) is 16.3 Å². The van der Waals surface area contributed by atoms with Crippen LogP contribution in [0.15, 0.2) is 76.6 Å². The van der Waals surface area contributed by atoms with Crippen molar-refractivity contribution in [1.82, 2.24) is 9.55 Å². The number of halogens is 3. The maximum atomic E-state index is 13.5. The van der Waals surface area contributed by atoms with E-state index >= 15 is 0 Å². The lowest BCUT2D eigenvalue weighted by Gasteiger charge is -2.17. The minimum atomic E-state index is -4.55. The van der Waals surface area contributed by atoms with Crippen molar-refractivity contribution in [2.75, 3.05) is 5.75 Å². The van der Waals surface area contributed by atoms with Crippen LogP contribution in [-0.4, -0.2) is 26.4 Å². The summed E-state index contributed by atoms with van der Waals surface area (Å²) in [4.78, 5) is 28.8. The number of fused-ring (bicyclic) bond motifs is 2. The van der Waals surface area contributed by atoms with E-state index in [-0.39, 0.29) is 17.7 Å². The smallest absolute Gasteiger partial charge is 0.416 e. The van der Waals surface area contributed by atoms with Gasteiger partial charge in [-0.3, -0.25) is 4.57 Å². The molecule has 3 aromatic carbocycles. The SMILES string of the molecule is O=C(O)C1CSc2c(-c3cccc(C(F)(F)F)c3)c(Cc3cccc4ccccc34)nc(=O)n21. The van der Waals surface area contributed by atoms with E-state index in [1.165, 1.54) is 12.1 Å². The van der Waals surface area contributed by atoms with Gasteiger partial charge in [0.25, 0.3) is 0 Å². The number of carbonyl (C=O) groups is 1. The second-order valence-corrected chi connectivity index (χ2v) is 8.96. The summed E-state index contributed by atoms with van der Waals surface area (Å²) in [5.41, 5.74) is 0.209. The molecule has 1 aliphatic rings. The number of hydrogen-bond acceptors (Lipinski definition) is 4. The molecule has 34 heavy (non-hydrogen) atoms. The molecule has 0 amide bonds. The van der Waals surface area contributed by atoms with Crippen LogP contribution < -0.4 is 5.69 Å². The van der Waals surface area contributed by atoms with E-state index in [0.29, 0.717) is 16.3 Å². The zero-order valence-corrected chi connectivity index (χ0v) is 18.4. The maximum absolute atomic E-state index is 13.5. The molecule has 5 nitrogen and oxygen atoms in total. The van der Waals surface area contributed by atoms with Crippen molar-refractivity contribution in [3.63, 3.8) is 0 Å². The molecule has 0 radical (unpaired) electrons. The maximum Gasteiger partial charge on any atom is 0.416 e. The van der Waals surface area contributed by atoms with Crippen molar-refractivity contribution in [3.8, 4) is 11.1 Å². The highest BCUT2D eigenvalue weighted by Gasteiger charge is 2.35. The van der Waals surface area contributed by atoms with Gasteiger partial charge in [0.2, 0.25) is 0 Å². The minimum Gasteiger partial charge on any atom is -0.480 e. The molecule has 0 fully saturated rings. The van der Waals surface area contributed by atoms with Crippen LogP contribution in [0.4, 0.5) is 13.2 Å². The van der Waals surface area contributed by atoms with Crippen LogP contribution in [0.25, 0.3) is 21.9 Å². The highest BCUT2D eigenvalue weighted by molar-refractivity contribution is 7.99. The Morgan fingerprint density at radius 1 is 1.09 bits per heavy atom. The van der Waals surface area contributed by atoms with Gasteiger partial charge < -0.3 is 5.11 Å². The number of alkyl halides is 3. The number of benzene rings is 3. The summed E-state index contributed by atoms with van der Waals surface area (Å²) in [6.07, 6.45) is -4.35. The highest BCUT2D eigenvalue weighted by atomic mass is 32.2. The first-order valence-electron chi connectivity index (χ1n) is 10.4. The van der Waals surface area contributed by atoms with Crippen LogP contribution in [0, 0.1) is 0 Å². The lowest BCUT2D eigenvalue weighted by molar-refractivity contribution is -0.140. The molecule has 5 rings (SSSR count). The molecule has 9 heteroatoms. The number of aliphatic carboxylic acids is 1. The van der Waals surface area contributed by atoms with E-state index in [0.717, 1.165) is 44.8 Å². The van der Waals surface area contributed by atoms with Gasteiger partial charge in [0.15, 0.2) is 0 Å². The first-order chi connectivity index (χ1) is 16.2. The van der Waals surface area contributed by atoms with E-state index in [4.69, 9.17) is 0 Å². The number of nitrogens with zero attached hydrogens (tertiary/aromatic N) is 2. The van der Waals surface area contributed by atoms with E-state index < -0.39 is 29.4 Å². The monoisotopic (exact) mass is 482 g/mol. The highest BCUT2D eigenvalue weighted by Crippen LogP contribution is 2.42. The van der Waals surface area contributed by atoms with E-state index in [2.05, 4.69) is 4.98 Å². The van der Waals surface area contributed by atoms with Crippen molar-refractivity contribution in [2.45, 2.75) is 23.7 Å². The molecule has 1 atom stereocenters. The molecule has 0 aliphatic carbocycles. The molecule has 1 aliphatic heterocycles. The fourth-order valence-electron chi connectivity index (χ4n) is 4.28. The predicted octanol–water partition coefficient (Wildman–Crippen LogP) is 5.40. The second kappa shape index (κ2) is 8.32. The minimum absolute atomic E-state index is 0.0932. The molecule has 0 spiro atoms. The van der Waals surface area contributed by atoms with Gasteiger partial charge >= 0.3 is 17.8 Å². The van der Waals surface area contributed by atoms with Gasteiger partial charge in [-0.1, -0.05) is 54.6 Å². The Morgan fingerprint density at radius 3 is 2.59 bits per heavy atom. The molecule has 0 saturated heterocycles. The van der Waals surface area contributed by atoms with Crippen LogP contribution in [0.3, 0.4) is 0 Å². The molecule has 4 aromatic rings. The third-order valence-electron chi connectivity index (χ3n) is 5.85. The summed E-state index contributed by atoms with van der Waals surface area (Å²) in [5.74, 6) is -1.09. The Morgan fingerprint density at radius 2 is 1.82 bits per heavy atom. The molecule has 0 bridgehead atoms. The lowest BCUT2D eigenvalue weighted by Crippen LogP contribution is -2.31. The van der Waals surface area contributed by atoms with Crippen molar-refractivity contribution in [2.24, 2.45) is 0 Å². The fraction of sp³-hybridized carbons (Fsp3) is 0.160. The fourth-order valence-corrected chi connectivity index (χ4v) is 5.61. The number of rotatable bonds is 4. The molecule has 1 N–H and O–H groups in total. The van der Waals surface area contributed by atoms with E-state index in [1.54, 1.807) is 0 Å². The first kappa shape index (κ1) is 22.2. The van der Waals surface area contributed by atoms with Crippen LogP contribution in [-0.2, 0) is 17.4 Å². The molecule has 1 aromatic heterocycles. The summed E-state index contributed by atoms with van der Waals surface area (Å²) in [6.45, 7) is 0. The molecule has 2 heterocycles. The molecule has 1 unspecified atom stereocenters. The third-order valence-corrected chi connectivity index (χ3v) is 7.01. The quantitative estimate of drug-likeness (QED) is 0.394. The van der Waals surface area contributed by atoms with Gasteiger partial charge in [-0.25, -0.2) is 9.59 Å². The van der Waals surface area contributed by atoms with Crippen LogP contribution >= 0.6 is 11.8 Å². The van der Waals surface area contributed by atoms with Gasteiger partial charge in [-0.2, -0.15) is 18.2 Å². The van der Waals surface area contributed by atoms with E-state index in [1.807, 2.05) is 42.5 Å². The van der Waals surface area contributed by atoms with Crippen molar-refractivity contribution in [3.05, 3.63) is 94.0 Å². The van der Waals surface area contributed by atoms with Gasteiger partial charge in [0.1, 0.15) is 6.04 Å².